The zero-order valence-corrected chi connectivity index (χ0v) is 52.0. The third-order valence-electron chi connectivity index (χ3n) is 15.6. The summed E-state index contributed by atoms with van der Waals surface area (Å²) in [6.45, 7) is 0.477. The minimum absolute atomic E-state index is 0.0118. The minimum atomic E-state index is -0.823. The lowest BCUT2D eigenvalue weighted by atomic mass is 9.75. The average Bonchev–Trinajstić information content (AvgIpc) is 1.01. The number of nitriles is 3. The van der Waals surface area contributed by atoms with Crippen molar-refractivity contribution < 1.29 is 71.4 Å². The molecule has 1 saturated carbocycles. The number of nitrogens with zero attached hydrogens (tertiary/aromatic N) is 3. The first kappa shape index (κ1) is 66.6. The minimum Gasteiger partial charge on any atom is -0.493 e. The van der Waals surface area contributed by atoms with Gasteiger partial charge in [-0.1, -0.05) is 72.8 Å². The summed E-state index contributed by atoms with van der Waals surface area (Å²) in [7, 11) is 0. The van der Waals surface area contributed by atoms with E-state index >= 15 is 0 Å². The van der Waals surface area contributed by atoms with Crippen LogP contribution in [0.1, 0.15) is 86.3 Å². The summed E-state index contributed by atoms with van der Waals surface area (Å²) in [6.07, 6.45) is 1.20. The van der Waals surface area contributed by atoms with Crippen LogP contribution in [-0.4, -0.2) is 75.5 Å². The maximum Gasteiger partial charge on any atom is 0.343 e. The molecule has 18 nitrogen and oxygen atoms in total. The van der Waals surface area contributed by atoms with Crippen molar-refractivity contribution in [2.45, 2.75) is 38.5 Å². The molecule has 18 heteroatoms. The fourth-order valence-corrected chi connectivity index (χ4v) is 10.4. The maximum atomic E-state index is 13.7. The van der Waals surface area contributed by atoms with Crippen LogP contribution in [-0.2, 0) is 28.6 Å². The Morgan fingerprint density at radius 2 is 0.490 bits per heavy atom. The third kappa shape index (κ3) is 18.9. The summed E-state index contributed by atoms with van der Waals surface area (Å²) in [4.78, 5) is 79.9. The Morgan fingerprint density at radius 3 is 0.708 bits per heavy atom. The van der Waals surface area contributed by atoms with Crippen molar-refractivity contribution in [3.63, 3.8) is 0 Å². The van der Waals surface area contributed by atoms with Crippen molar-refractivity contribution >= 4 is 35.8 Å². The van der Waals surface area contributed by atoms with E-state index in [1.165, 1.54) is 0 Å². The molecule has 0 N–H and O–H groups in total. The Hall–Kier alpha value is -12.3. The van der Waals surface area contributed by atoms with E-state index in [-0.39, 0.29) is 58.9 Å². The first-order valence-electron chi connectivity index (χ1n) is 31.0. The Labute approximate surface area is 554 Å². The fraction of sp³-hybridized carbons (Fsp3) is 0.192. The highest BCUT2D eigenvalue weighted by atomic mass is 16.6. The summed E-state index contributed by atoms with van der Waals surface area (Å²) in [5.41, 5.74) is 8.04. The molecule has 1 fully saturated rings. The summed E-state index contributed by atoms with van der Waals surface area (Å²) in [5, 5.41) is 27.3. The molecule has 0 amide bonds. The van der Waals surface area contributed by atoms with Crippen LogP contribution in [0.5, 0.6) is 34.5 Å². The van der Waals surface area contributed by atoms with Gasteiger partial charge < -0.3 is 42.6 Å². The van der Waals surface area contributed by atoms with Crippen molar-refractivity contribution in [1.82, 2.24) is 0 Å². The molecule has 1 aliphatic rings. The monoisotopic (exact) mass is 1280 g/mol. The highest BCUT2D eigenvalue weighted by Crippen LogP contribution is 2.37. The molecule has 0 atom stereocenters. The van der Waals surface area contributed by atoms with E-state index in [1.54, 1.807) is 146 Å². The van der Waals surface area contributed by atoms with Gasteiger partial charge in [0.1, 0.15) is 34.5 Å². The van der Waals surface area contributed by atoms with Crippen molar-refractivity contribution in [3.05, 3.63) is 252 Å². The van der Waals surface area contributed by atoms with Crippen LogP contribution in [0.4, 0.5) is 0 Å². The number of benzene rings is 9. The zero-order chi connectivity index (χ0) is 67.0. The van der Waals surface area contributed by atoms with Gasteiger partial charge in [0.2, 0.25) is 0 Å². The molecule has 0 heterocycles. The normalized spacial score (nSPS) is 13.8. The second-order valence-electron chi connectivity index (χ2n) is 22.3. The predicted molar refractivity (Wildman–Crippen MR) is 352 cm³/mol. The third-order valence-corrected chi connectivity index (χ3v) is 15.6. The quantitative estimate of drug-likeness (QED) is 0.0201. The molecule has 0 radical (unpaired) electrons. The molecule has 9 aromatic carbocycles. The second kappa shape index (κ2) is 33.3. The number of hydrogen-bond acceptors (Lipinski definition) is 18. The van der Waals surface area contributed by atoms with Gasteiger partial charge >= 0.3 is 35.8 Å². The standard InChI is InChI=1S/C78H63N3O15/c79-49-52-4-10-55(11-5-52)58-16-34-70(35-17-58)94-76(85)61-22-28-67(29-23-61)88-40-1-43-91-73(82)64-46-65(74(83)92-44-2-41-89-68-30-24-62(25-31-68)77(86)95-71-36-18-59(19-37-71)56-12-6-53(50-80)7-13-56)48-66(47-64)75(84)93-45-3-42-90-69-32-26-63(27-33-69)78(87)96-72-38-20-60(21-39-72)57-14-8-54(51-81)9-15-57/h4-39,64-66H,1-3,40-48H2. The summed E-state index contributed by atoms with van der Waals surface area (Å²) < 4.78 is 51.4. The highest BCUT2D eigenvalue weighted by Gasteiger charge is 2.41. The molecule has 480 valence electrons. The summed E-state index contributed by atoms with van der Waals surface area (Å²) in [6, 6.07) is 68.2. The topological polar surface area (TPSA) is 257 Å². The molecule has 0 bridgehead atoms. The van der Waals surface area contributed by atoms with Crippen LogP contribution < -0.4 is 28.4 Å². The van der Waals surface area contributed by atoms with Crippen LogP contribution in [0.25, 0.3) is 33.4 Å². The van der Waals surface area contributed by atoms with Gasteiger partial charge in [-0.15, -0.1) is 0 Å². The van der Waals surface area contributed by atoms with Gasteiger partial charge in [-0.25, -0.2) is 14.4 Å². The zero-order valence-electron chi connectivity index (χ0n) is 52.0. The van der Waals surface area contributed by atoms with Crippen molar-refractivity contribution in [2.24, 2.45) is 17.8 Å². The predicted octanol–water partition coefficient (Wildman–Crippen LogP) is 14.3. The smallest absolute Gasteiger partial charge is 0.343 e. The average molecular weight is 1280 g/mol. The Balaban J connectivity index is 0.664. The van der Waals surface area contributed by atoms with Crippen LogP contribution in [0, 0.1) is 51.7 Å². The molecule has 0 aliphatic heterocycles. The lowest BCUT2D eigenvalue weighted by Crippen LogP contribution is -2.37. The van der Waals surface area contributed by atoms with Crippen LogP contribution in [0.3, 0.4) is 0 Å². The maximum absolute atomic E-state index is 13.7. The second-order valence-corrected chi connectivity index (χ2v) is 22.3. The number of rotatable bonds is 27. The van der Waals surface area contributed by atoms with Gasteiger partial charge in [0.15, 0.2) is 0 Å². The molecule has 0 aromatic heterocycles. The van der Waals surface area contributed by atoms with E-state index in [9.17, 15) is 28.8 Å². The Bertz CT molecular complexity index is 3820. The van der Waals surface area contributed by atoms with E-state index in [1.807, 2.05) is 72.8 Å². The SMILES string of the molecule is N#Cc1ccc(-c2ccc(OC(=O)c3ccc(OCCCOC(=O)C4CC(C(=O)OCCCOc5ccc(C(=O)Oc6ccc(-c7ccc(C#N)cc7)cc6)cc5)CC(C(=O)OCCCOc5ccc(C(=O)Oc6ccc(-c7ccc(C#N)cc7)cc6)cc5)C4)cc3)cc2)cc1. The lowest BCUT2D eigenvalue weighted by molar-refractivity contribution is -0.161. The molecule has 1 aliphatic carbocycles. The number of hydrogen-bond donors (Lipinski definition) is 0. The van der Waals surface area contributed by atoms with Crippen molar-refractivity contribution in [2.75, 3.05) is 39.6 Å². The summed E-state index contributed by atoms with van der Waals surface area (Å²) >= 11 is 0. The van der Waals surface area contributed by atoms with E-state index in [0.29, 0.717) is 87.1 Å². The van der Waals surface area contributed by atoms with Gasteiger partial charge in [-0.05, 0) is 198 Å². The number of carbonyl (C=O) groups excluding carboxylic acids is 6. The van der Waals surface area contributed by atoms with E-state index in [4.69, 9.17) is 58.4 Å². The number of ether oxygens (including phenoxy) is 9. The van der Waals surface area contributed by atoms with Crippen LogP contribution in [0.2, 0.25) is 0 Å². The van der Waals surface area contributed by atoms with Crippen molar-refractivity contribution in [3.8, 4) is 86.1 Å². The van der Waals surface area contributed by atoms with Gasteiger partial charge in [-0.3, -0.25) is 14.4 Å². The van der Waals surface area contributed by atoms with Crippen LogP contribution >= 0.6 is 0 Å². The Morgan fingerprint density at radius 1 is 0.281 bits per heavy atom. The first-order valence-corrected chi connectivity index (χ1v) is 31.0. The highest BCUT2D eigenvalue weighted by molar-refractivity contribution is 5.93. The van der Waals surface area contributed by atoms with E-state index in [2.05, 4.69) is 18.2 Å². The molecule has 9 aromatic rings. The van der Waals surface area contributed by atoms with Crippen molar-refractivity contribution in [1.29, 1.82) is 15.8 Å². The van der Waals surface area contributed by atoms with Crippen LogP contribution in [0.15, 0.2) is 218 Å². The molecule has 0 saturated heterocycles. The molecular weight excluding hydrogens is 1220 g/mol. The fourth-order valence-electron chi connectivity index (χ4n) is 10.4. The molecular formula is C78H63N3O15. The van der Waals surface area contributed by atoms with E-state index in [0.717, 1.165) is 33.4 Å². The molecule has 0 unspecified atom stereocenters. The summed E-state index contributed by atoms with van der Waals surface area (Å²) in [5.74, 6) is -3.37. The largest absolute Gasteiger partial charge is 0.493 e. The Kier molecular flexibility index (Phi) is 23.1. The molecule has 96 heavy (non-hydrogen) atoms. The molecule has 10 rings (SSSR count). The molecule has 0 spiro atoms. The van der Waals surface area contributed by atoms with Gasteiger partial charge in [-0.2, -0.15) is 15.8 Å². The number of carbonyl (C=O) groups is 6. The van der Waals surface area contributed by atoms with Gasteiger partial charge in [0.25, 0.3) is 0 Å². The van der Waals surface area contributed by atoms with Gasteiger partial charge in [0, 0.05) is 19.3 Å². The lowest BCUT2D eigenvalue weighted by Gasteiger charge is -2.31. The number of esters is 6. The van der Waals surface area contributed by atoms with Gasteiger partial charge in [0.05, 0.1) is 109 Å². The first-order chi connectivity index (χ1) is 46.9. The van der Waals surface area contributed by atoms with E-state index < -0.39 is 53.6 Å².